The van der Waals surface area contributed by atoms with Gasteiger partial charge in [-0.2, -0.15) is 0 Å². The number of carbonyl (C=O) groups is 1. The van der Waals surface area contributed by atoms with Gasteiger partial charge in [-0.05, 0) is 69.0 Å². The van der Waals surface area contributed by atoms with Crippen molar-refractivity contribution in [1.82, 2.24) is 10.6 Å². The van der Waals surface area contributed by atoms with Gasteiger partial charge in [-0.3, -0.25) is 4.79 Å². The second kappa shape index (κ2) is 8.24. The molecular formula is C30H24N2O. The molecule has 1 aliphatic heterocycles. The number of hydrogen-bond acceptors (Lipinski definition) is 2. The highest BCUT2D eigenvalue weighted by molar-refractivity contribution is 6.23. The Bertz CT molecular complexity index is 1520. The minimum Gasteiger partial charge on any atom is -0.356 e. The SMILES string of the molecule is O=C1CC(c2ccc(C#Cc3ccc4ccc5cccc6ccc3c4c56)cc2)NCCCN1. The summed E-state index contributed by atoms with van der Waals surface area (Å²) in [6, 6.07) is 27.9. The Morgan fingerprint density at radius 1 is 0.727 bits per heavy atom. The first-order valence-electron chi connectivity index (χ1n) is 11.5. The van der Waals surface area contributed by atoms with Crippen LogP contribution in [0.5, 0.6) is 0 Å². The van der Waals surface area contributed by atoms with E-state index in [0.717, 1.165) is 36.2 Å². The average molecular weight is 429 g/mol. The van der Waals surface area contributed by atoms with Crippen LogP contribution in [-0.4, -0.2) is 19.0 Å². The van der Waals surface area contributed by atoms with Gasteiger partial charge in [-0.1, -0.05) is 72.5 Å². The van der Waals surface area contributed by atoms with E-state index in [1.165, 1.54) is 32.3 Å². The zero-order chi connectivity index (χ0) is 22.2. The van der Waals surface area contributed by atoms with Crippen LogP contribution in [-0.2, 0) is 4.79 Å². The molecule has 2 N–H and O–H groups in total. The molecule has 1 fully saturated rings. The Hall–Kier alpha value is -3.87. The molecule has 3 heteroatoms. The van der Waals surface area contributed by atoms with Gasteiger partial charge in [0.25, 0.3) is 0 Å². The predicted octanol–water partition coefficient (Wildman–Crippen LogP) is 5.52. The van der Waals surface area contributed by atoms with E-state index in [0.29, 0.717) is 6.42 Å². The summed E-state index contributed by atoms with van der Waals surface area (Å²) in [5.41, 5.74) is 3.14. The molecule has 1 atom stereocenters. The Balaban J connectivity index is 1.34. The van der Waals surface area contributed by atoms with Gasteiger partial charge in [0.1, 0.15) is 0 Å². The van der Waals surface area contributed by atoms with Crippen molar-refractivity contribution in [3.8, 4) is 11.8 Å². The van der Waals surface area contributed by atoms with Crippen molar-refractivity contribution in [3.05, 3.63) is 95.6 Å². The van der Waals surface area contributed by atoms with Crippen LogP contribution in [0.25, 0.3) is 32.3 Å². The highest BCUT2D eigenvalue weighted by Crippen LogP contribution is 2.35. The molecule has 5 aromatic rings. The van der Waals surface area contributed by atoms with Gasteiger partial charge in [0.2, 0.25) is 5.91 Å². The lowest BCUT2D eigenvalue weighted by molar-refractivity contribution is -0.121. The topological polar surface area (TPSA) is 41.1 Å². The van der Waals surface area contributed by atoms with Gasteiger partial charge >= 0.3 is 0 Å². The third-order valence-corrected chi connectivity index (χ3v) is 6.64. The monoisotopic (exact) mass is 428 g/mol. The molecule has 1 amide bonds. The van der Waals surface area contributed by atoms with E-state index in [4.69, 9.17) is 0 Å². The van der Waals surface area contributed by atoms with Crippen molar-refractivity contribution < 1.29 is 4.79 Å². The van der Waals surface area contributed by atoms with Gasteiger partial charge in [-0.25, -0.2) is 0 Å². The fourth-order valence-electron chi connectivity index (χ4n) is 4.94. The molecule has 5 aromatic carbocycles. The molecule has 1 unspecified atom stereocenters. The van der Waals surface area contributed by atoms with Crippen LogP contribution < -0.4 is 10.6 Å². The van der Waals surface area contributed by atoms with Crippen molar-refractivity contribution in [3.63, 3.8) is 0 Å². The van der Waals surface area contributed by atoms with E-state index < -0.39 is 0 Å². The van der Waals surface area contributed by atoms with Crippen LogP contribution in [0.2, 0.25) is 0 Å². The molecule has 33 heavy (non-hydrogen) atoms. The molecule has 0 radical (unpaired) electrons. The minimum absolute atomic E-state index is 0.0462. The fourth-order valence-corrected chi connectivity index (χ4v) is 4.94. The summed E-state index contributed by atoms with van der Waals surface area (Å²) < 4.78 is 0. The van der Waals surface area contributed by atoms with E-state index in [2.05, 4.69) is 101 Å². The summed E-state index contributed by atoms with van der Waals surface area (Å²) in [7, 11) is 0. The number of benzene rings is 5. The van der Waals surface area contributed by atoms with Gasteiger partial charge < -0.3 is 10.6 Å². The van der Waals surface area contributed by atoms with Gasteiger partial charge in [0.15, 0.2) is 0 Å². The van der Waals surface area contributed by atoms with Crippen molar-refractivity contribution in [2.24, 2.45) is 0 Å². The molecule has 0 bridgehead atoms. The van der Waals surface area contributed by atoms with Crippen LogP contribution in [0.15, 0.2) is 78.9 Å². The summed E-state index contributed by atoms with van der Waals surface area (Å²) in [6.07, 6.45) is 1.42. The first-order valence-corrected chi connectivity index (χ1v) is 11.5. The molecule has 6 rings (SSSR count). The van der Waals surface area contributed by atoms with Gasteiger partial charge in [0, 0.05) is 30.1 Å². The van der Waals surface area contributed by atoms with E-state index in [9.17, 15) is 4.79 Å². The van der Waals surface area contributed by atoms with E-state index in [1.54, 1.807) is 0 Å². The zero-order valence-corrected chi connectivity index (χ0v) is 18.3. The summed E-state index contributed by atoms with van der Waals surface area (Å²) in [4.78, 5) is 12.0. The first kappa shape index (κ1) is 19.8. The molecule has 160 valence electrons. The summed E-state index contributed by atoms with van der Waals surface area (Å²) in [5.74, 6) is 6.86. The lowest BCUT2D eigenvalue weighted by atomic mass is 9.92. The largest absolute Gasteiger partial charge is 0.356 e. The molecule has 0 spiro atoms. The highest BCUT2D eigenvalue weighted by atomic mass is 16.1. The smallest absolute Gasteiger partial charge is 0.221 e. The Labute approximate surface area is 193 Å². The van der Waals surface area contributed by atoms with Crippen molar-refractivity contribution >= 4 is 38.2 Å². The number of carbonyl (C=O) groups excluding carboxylic acids is 1. The number of amides is 1. The molecule has 1 heterocycles. The van der Waals surface area contributed by atoms with Crippen molar-refractivity contribution in [1.29, 1.82) is 0 Å². The number of nitrogens with one attached hydrogen (secondary N) is 2. The van der Waals surface area contributed by atoms with Crippen molar-refractivity contribution in [2.45, 2.75) is 18.9 Å². The number of hydrogen-bond donors (Lipinski definition) is 2. The fraction of sp³-hybridized carbons (Fsp3) is 0.167. The summed E-state index contributed by atoms with van der Waals surface area (Å²) >= 11 is 0. The Morgan fingerprint density at radius 3 is 2.27 bits per heavy atom. The third-order valence-electron chi connectivity index (χ3n) is 6.64. The maximum absolute atomic E-state index is 12.0. The van der Waals surface area contributed by atoms with E-state index >= 15 is 0 Å². The standard InChI is InChI=1S/C30H24N2O/c33-28-19-27(31-17-2-18-32-28)22-9-6-20(7-10-22)5-8-21-11-12-25-14-13-23-3-1-4-24-15-16-26(21)30(25)29(23)24/h1,3-4,6-7,9-16,27,31H,2,17-19H2,(H,32,33). The van der Waals surface area contributed by atoms with E-state index in [-0.39, 0.29) is 11.9 Å². The van der Waals surface area contributed by atoms with Crippen molar-refractivity contribution in [2.75, 3.05) is 13.1 Å². The van der Waals surface area contributed by atoms with Gasteiger partial charge in [0.05, 0.1) is 0 Å². The molecular weight excluding hydrogens is 404 g/mol. The lowest BCUT2D eigenvalue weighted by Crippen LogP contribution is -2.36. The maximum atomic E-state index is 12.0. The quantitative estimate of drug-likeness (QED) is 0.272. The normalized spacial score (nSPS) is 16.8. The van der Waals surface area contributed by atoms with Crippen LogP contribution in [0, 0.1) is 11.8 Å². The molecule has 1 aliphatic rings. The zero-order valence-electron chi connectivity index (χ0n) is 18.3. The number of rotatable bonds is 1. The molecule has 1 saturated heterocycles. The first-order chi connectivity index (χ1) is 16.3. The summed E-state index contributed by atoms with van der Waals surface area (Å²) in [5, 5.41) is 14.1. The maximum Gasteiger partial charge on any atom is 0.221 e. The second-order valence-electron chi connectivity index (χ2n) is 8.76. The Kier molecular flexibility index (Phi) is 4.94. The predicted molar refractivity (Wildman–Crippen MR) is 136 cm³/mol. The third kappa shape index (κ3) is 3.69. The summed E-state index contributed by atoms with van der Waals surface area (Å²) in [6.45, 7) is 1.65. The Morgan fingerprint density at radius 2 is 1.45 bits per heavy atom. The highest BCUT2D eigenvalue weighted by Gasteiger charge is 2.17. The second-order valence-corrected chi connectivity index (χ2v) is 8.76. The average Bonchev–Trinajstić information content (AvgIpc) is 2.84. The van der Waals surface area contributed by atoms with E-state index in [1.807, 2.05) is 0 Å². The van der Waals surface area contributed by atoms with Crippen LogP contribution in [0.4, 0.5) is 0 Å². The van der Waals surface area contributed by atoms with Crippen LogP contribution in [0.1, 0.15) is 35.6 Å². The van der Waals surface area contributed by atoms with Crippen LogP contribution in [0.3, 0.4) is 0 Å². The molecule has 0 saturated carbocycles. The minimum atomic E-state index is 0.0462. The molecule has 0 aromatic heterocycles. The molecule has 0 aliphatic carbocycles. The molecule has 3 nitrogen and oxygen atoms in total. The van der Waals surface area contributed by atoms with Gasteiger partial charge in [-0.15, -0.1) is 0 Å². The lowest BCUT2D eigenvalue weighted by Gasteiger charge is -2.21. The van der Waals surface area contributed by atoms with Crippen LogP contribution >= 0.6 is 0 Å².